The number of hydrogen-bond donors (Lipinski definition) is 1. The largest absolute Gasteiger partial charge is 0.496 e. The van der Waals surface area contributed by atoms with Gasteiger partial charge in [-0.05, 0) is 18.9 Å². The molecule has 0 saturated carbocycles. The molecule has 1 atom stereocenters. The van der Waals surface area contributed by atoms with Crippen molar-refractivity contribution < 1.29 is 14.2 Å². The summed E-state index contributed by atoms with van der Waals surface area (Å²) < 4.78 is 16.1. The summed E-state index contributed by atoms with van der Waals surface area (Å²) >= 11 is 0. The Balaban J connectivity index is 2.87. The molecule has 0 aliphatic heterocycles. The van der Waals surface area contributed by atoms with E-state index in [1.165, 1.54) is 12.8 Å². The maximum absolute atomic E-state index is 5.44. The van der Waals surface area contributed by atoms with Crippen molar-refractivity contribution in [3.05, 3.63) is 17.7 Å². The zero-order valence-corrected chi connectivity index (χ0v) is 13.3. The lowest BCUT2D eigenvalue weighted by Gasteiger charge is -2.18. The van der Waals surface area contributed by atoms with Crippen LogP contribution >= 0.6 is 0 Å². The summed E-state index contributed by atoms with van der Waals surface area (Å²) in [6, 6.07) is 4.39. The average molecular weight is 281 g/mol. The summed E-state index contributed by atoms with van der Waals surface area (Å²) in [6.07, 6.45) is 3.50. The molecular formula is C16H27NO3. The van der Waals surface area contributed by atoms with Gasteiger partial charge in [0.05, 0.1) is 21.3 Å². The van der Waals surface area contributed by atoms with Crippen molar-refractivity contribution in [1.82, 2.24) is 5.32 Å². The number of nitrogens with one attached hydrogen (secondary N) is 1. The van der Waals surface area contributed by atoms with Gasteiger partial charge in [0.2, 0.25) is 0 Å². The van der Waals surface area contributed by atoms with E-state index >= 15 is 0 Å². The van der Waals surface area contributed by atoms with Crippen LogP contribution in [0.25, 0.3) is 0 Å². The minimum absolute atomic E-state index is 0.540. The molecule has 1 unspecified atom stereocenters. The minimum atomic E-state index is 0.540. The lowest BCUT2D eigenvalue weighted by Crippen LogP contribution is -2.27. The molecule has 0 saturated heterocycles. The van der Waals surface area contributed by atoms with E-state index in [-0.39, 0.29) is 0 Å². The summed E-state index contributed by atoms with van der Waals surface area (Å²) in [7, 11) is 4.95. The van der Waals surface area contributed by atoms with Crippen LogP contribution in [-0.4, -0.2) is 27.4 Å². The SMILES string of the molecule is CCCC(CC)NCc1cc(OC)c(OC)cc1OC. The Hall–Kier alpha value is -1.42. The first-order valence-corrected chi connectivity index (χ1v) is 7.22. The highest BCUT2D eigenvalue weighted by atomic mass is 16.5. The summed E-state index contributed by atoms with van der Waals surface area (Å²) in [6.45, 7) is 5.18. The highest BCUT2D eigenvalue weighted by Crippen LogP contribution is 2.34. The molecule has 4 nitrogen and oxygen atoms in total. The molecular weight excluding hydrogens is 254 g/mol. The van der Waals surface area contributed by atoms with Gasteiger partial charge in [-0.2, -0.15) is 0 Å². The lowest BCUT2D eigenvalue weighted by atomic mass is 10.1. The molecule has 1 aromatic carbocycles. The van der Waals surface area contributed by atoms with Gasteiger partial charge in [-0.25, -0.2) is 0 Å². The van der Waals surface area contributed by atoms with Crippen LogP contribution in [0.5, 0.6) is 17.2 Å². The third kappa shape index (κ3) is 4.30. The minimum Gasteiger partial charge on any atom is -0.496 e. The molecule has 1 rings (SSSR count). The number of rotatable bonds is 9. The molecule has 4 heteroatoms. The maximum atomic E-state index is 5.44. The Kier molecular flexibility index (Phi) is 7.23. The van der Waals surface area contributed by atoms with Gasteiger partial charge in [0, 0.05) is 24.2 Å². The Morgan fingerprint density at radius 2 is 1.55 bits per heavy atom. The van der Waals surface area contributed by atoms with Gasteiger partial charge in [-0.15, -0.1) is 0 Å². The first-order chi connectivity index (χ1) is 9.69. The van der Waals surface area contributed by atoms with Gasteiger partial charge in [0.1, 0.15) is 5.75 Å². The topological polar surface area (TPSA) is 39.7 Å². The molecule has 0 heterocycles. The maximum Gasteiger partial charge on any atom is 0.164 e. The van der Waals surface area contributed by atoms with Crippen molar-refractivity contribution in [2.45, 2.75) is 45.7 Å². The van der Waals surface area contributed by atoms with Gasteiger partial charge in [0.25, 0.3) is 0 Å². The fourth-order valence-corrected chi connectivity index (χ4v) is 2.28. The van der Waals surface area contributed by atoms with Gasteiger partial charge < -0.3 is 19.5 Å². The predicted octanol–water partition coefficient (Wildman–Crippen LogP) is 3.38. The van der Waals surface area contributed by atoms with E-state index in [1.54, 1.807) is 21.3 Å². The van der Waals surface area contributed by atoms with E-state index in [0.717, 1.165) is 30.0 Å². The second kappa shape index (κ2) is 8.69. The summed E-state index contributed by atoms with van der Waals surface area (Å²) in [5.74, 6) is 2.24. The molecule has 0 amide bonds. The molecule has 0 fully saturated rings. The van der Waals surface area contributed by atoms with Crippen LogP contribution in [0.4, 0.5) is 0 Å². The number of hydrogen-bond acceptors (Lipinski definition) is 4. The van der Waals surface area contributed by atoms with Crippen LogP contribution in [0.2, 0.25) is 0 Å². The van der Waals surface area contributed by atoms with Crippen molar-refractivity contribution in [3.8, 4) is 17.2 Å². The number of benzene rings is 1. The third-order valence-corrected chi connectivity index (χ3v) is 3.50. The van der Waals surface area contributed by atoms with E-state index < -0.39 is 0 Å². The molecule has 0 spiro atoms. The quantitative estimate of drug-likeness (QED) is 0.753. The van der Waals surface area contributed by atoms with Crippen LogP contribution in [0.15, 0.2) is 12.1 Å². The van der Waals surface area contributed by atoms with E-state index in [0.29, 0.717) is 11.8 Å². The molecule has 0 aromatic heterocycles. The monoisotopic (exact) mass is 281 g/mol. The normalized spacial score (nSPS) is 12.1. The van der Waals surface area contributed by atoms with Crippen molar-refractivity contribution >= 4 is 0 Å². The second-order valence-corrected chi connectivity index (χ2v) is 4.79. The molecule has 0 radical (unpaired) electrons. The average Bonchev–Trinajstić information content (AvgIpc) is 2.50. The van der Waals surface area contributed by atoms with Crippen LogP contribution in [-0.2, 0) is 6.54 Å². The van der Waals surface area contributed by atoms with E-state index in [1.807, 2.05) is 12.1 Å². The van der Waals surface area contributed by atoms with Crippen LogP contribution < -0.4 is 19.5 Å². The van der Waals surface area contributed by atoms with Crippen molar-refractivity contribution in [2.75, 3.05) is 21.3 Å². The molecule has 1 aromatic rings. The van der Waals surface area contributed by atoms with Crippen molar-refractivity contribution in [2.24, 2.45) is 0 Å². The summed E-state index contributed by atoms with van der Waals surface area (Å²) in [5.41, 5.74) is 1.08. The summed E-state index contributed by atoms with van der Waals surface area (Å²) in [5, 5.41) is 3.57. The Bertz CT molecular complexity index is 407. The standard InChI is InChI=1S/C16H27NO3/c1-6-8-13(7-2)17-11-12-9-15(19-4)16(20-5)10-14(12)18-3/h9-10,13,17H,6-8,11H2,1-5H3. The van der Waals surface area contributed by atoms with Crippen molar-refractivity contribution in [3.63, 3.8) is 0 Å². The molecule has 114 valence electrons. The molecule has 1 N–H and O–H groups in total. The number of methoxy groups -OCH3 is 3. The zero-order chi connectivity index (χ0) is 15.0. The van der Waals surface area contributed by atoms with Crippen LogP contribution in [0.1, 0.15) is 38.7 Å². The highest BCUT2D eigenvalue weighted by Gasteiger charge is 2.13. The first-order valence-electron chi connectivity index (χ1n) is 7.22. The van der Waals surface area contributed by atoms with Gasteiger partial charge >= 0.3 is 0 Å². The van der Waals surface area contributed by atoms with Crippen LogP contribution in [0.3, 0.4) is 0 Å². The predicted molar refractivity (Wildman–Crippen MR) is 81.9 cm³/mol. The fourth-order valence-electron chi connectivity index (χ4n) is 2.28. The zero-order valence-electron chi connectivity index (χ0n) is 13.3. The van der Waals surface area contributed by atoms with Crippen molar-refractivity contribution in [1.29, 1.82) is 0 Å². The third-order valence-electron chi connectivity index (χ3n) is 3.50. The molecule has 0 aliphatic rings. The van der Waals surface area contributed by atoms with E-state index in [2.05, 4.69) is 19.2 Å². The van der Waals surface area contributed by atoms with E-state index in [4.69, 9.17) is 14.2 Å². The fraction of sp³-hybridized carbons (Fsp3) is 0.625. The van der Waals surface area contributed by atoms with Crippen LogP contribution in [0, 0.1) is 0 Å². The Morgan fingerprint density at radius 1 is 0.950 bits per heavy atom. The second-order valence-electron chi connectivity index (χ2n) is 4.79. The van der Waals surface area contributed by atoms with Gasteiger partial charge in [0.15, 0.2) is 11.5 Å². The highest BCUT2D eigenvalue weighted by molar-refractivity contribution is 5.50. The first kappa shape index (κ1) is 16.6. The number of ether oxygens (including phenoxy) is 3. The lowest BCUT2D eigenvalue weighted by molar-refractivity contribution is 0.346. The molecule has 0 bridgehead atoms. The smallest absolute Gasteiger partial charge is 0.164 e. The molecule has 0 aliphatic carbocycles. The van der Waals surface area contributed by atoms with Gasteiger partial charge in [-0.1, -0.05) is 20.3 Å². The van der Waals surface area contributed by atoms with E-state index in [9.17, 15) is 0 Å². The Morgan fingerprint density at radius 3 is 2.05 bits per heavy atom. The van der Waals surface area contributed by atoms with Gasteiger partial charge in [-0.3, -0.25) is 0 Å². The molecule has 20 heavy (non-hydrogen) atoms. The Labute approximate surface area is 122 Å². The summed E-state index contributed by atoms with van der Waals surface area (Å²) in [4.78, 5) is 0.